The molecule has 2 unspecified atom stereocenters. The first-order chi connectivity index (χ1) is 9.14. The van der Waals surface area contributed by atoms with E-state index in [-0.39, 0.29) is 5.78 Å². The van der Waals surface area contributed by atoms with Crippen molar-refractivity contribution in [2.75, 3.05) is 13.1 Å². The Labute approximate surface area is 112 Å². The monoisotopic (exact) mass is 261 g/mol. The van der Waals surface area contributed by atoms with Gasteiger partial charge in [-0.2, -0.15) is 0 Å². The van der Waals surface area contributed by atoms with E-state index in [9.17, 15) is 9.90 Å². The lowest BCUT2D eigenvalue weighted by Gasteiger charge is -2.47. The number of ketones is 1. The molecule has 19 heavy (non-hydrogen) atoms. The number of hydrogen-bond donors (Lipinski definition) is 2. The minimum Gasteiger partial charge on any atom is -0.486 e. The second-order valence-electron chi connectivity index (χ2n) is 5.50. The van der Waals surface area contributed by atoms with Crippen LogP contribution in [0.3, 0.4) is 0 Å². The van der Waals surface area contributed by atoms with Crippen molar-refractivity contribution in [1.82, 2.24) is 5.32 Å². The Morgan fingerprint density at radius 2 is 2.05 bits per heavy atom. The summed E-state index contributed by atoms with van der Waals surface area (Å²) in [6.07, 6.45) is 0.810. The van der Waals surface area contributed by atoms with Gasteiger partial charge in [0.25, 0.3) is 0 Å². The highest BCUT2D eigenvalue weighted by atomic mass is 16.5. The topological polar surface area (TPSA) is 58.6 Å². The molecular weight excluding hydrogens is 242 g/mol. The van der Waals surface area contributed by atoms with Gasteiger partial charge in [-0.05, 0) is 32.1 Å². The van der Waals surface area contributed by atoms with Crippen LogP contribution in [0.25, 0.3) is 0 Å². The van der Waals surface area contributed by atoms with Gasteiger partial charge in [0.1, 0.15) is 11.4 Å². The van der Waals surface area contributed by atoms with Crippen molar-refractivity contribution >= 4 is 5.78 Å². The number of carbonyl (C=O) groups excluding carboxylic acids is 1. The molecule has 1 aromatic rings. The van der Waals surface area contributed by atoms with Gasteiger partial charge < -0.3 is 15.2 Å². The molecule has 0 aromatic heterocycles. The Morgan fingerprint density at radius 3 is 2.74 bits per heavy atom. The first-order valence-corrected chi connectivity index (χ1v) is 6.85. The summed E-state index contributed by atoms with van der Waals surface area (Å²) in [5.41, 5.74) is 0.0442. The van der Waals surface area contributed by atoms with Gasteiger partial charge in [0, 0.05) is 12.8 Å². The standard InChI is InChI=1S/C15H19NO3/c1-10(17)13-14(18)11-4-2-3-5-12(11)19-15(13)6-8-16-9-7-15/h2-5,10,13,16-17H,6-9H2,1H3. The number of aliphatic hydroxyl groups is 1. The van der Waals surface area contributed by atoms with Gasteiger partial charge in [0.15, 0.2) is 5.78 Å². The molecule has 2 N–H and O–H groups in total. The Bertz CT molecular complexity index is 492. The summed E-state index contributed by atoms with van der Waals surface area (Å²) in [6.45, 7) is 3.32. The number of para-hydroxylation sites is 1. The van der Waals surface area contributed by atoms with Crippen LogP contribution in [0.1, 0.15) is 30.1 Å². The number of Topliss-reactive ketones (excluding diaryl/α,β-unsaturated/α-hetero) is 1. The van der Waals surface area contributed by atoms with Crippen LogP contribution >= 0.6 is 0 Å². The van der Waals surface area contributed by atoms with Crippen LogP contribution in [-0.2, 0) is 0 Å². The molecule has 0 amide bonds. The number of benzene rings is 1. The number of nitrogens with one attached hydrogen (secondary N) is 1. The number of aliphatic hydroxyl groups excluding tert-OH is 1. The normalized spacial score (nSPS) is 26.6. The predicted octanol–water partition coefficient (Wildman–Crippen LogP) is 1.38. The zero-order valence-corrected chi connectivity index (χ0v) is 11.1. The van der Waals surface area contributed by atoms with Gasteiger partial charge in [0.2, 0.25) is 0 Å². The van der Waals surface area contributed by atoms with Crippen LogP contribution in [0.4, 0.5) is 0 Å². The van der Waals surface area contributed by atoms with Gasteiger partial charge in [-0.15, -0.1) is 0 Å². The Balaban J connectivity index is 2.07. The van der Waals surface area contributed by atoms with Crippen molar-refractivity contribution in [2.24, 2.45) is 5.92 Å². The van der Waals surface area contributed by atoms with Gasteiger partial charge in [-0.3, -0.25) is 4.79 Å². The van der Waals surface area contributed by atoms with Crippen molar-refractivity contribution in [1.29, 1.82) is 0 Å². The van der Waals surface area contributed by atoms with E-state index in [0.717, 1.165) is 25.9 Å². The zero-order chi connectivity index (χ0) is 13.5. The molecule has 102 valence electrons. The van der Waals surface area contributed by atoms with Crippen LogP contribution < -0.4 is 10.1 Å². The SMILES string of the molecule is CC(O)C1C(=O)c2ccccc2OC12CCNCC2. The number of ether oxygens (including phenoxy) is 1. The first kappa shape index (κ1) is 12.6. The van der Waals surface area contributed by atoms with E-state index in [1.165, 1.54) is 0 Å². The highest BCUT2D eigenvalue weighted by molar-refractivity contribution is 6.02. The maximum atomic E-state index is 12.7. The summed E-state index contributed by atoms with van der Waals surface area (Å²) in [4.78, 5) is 12.7. The van der Waals surface area contributed by atoms with E-state index in [1.807, 2.05) is 18.2 Å². The van der Waals surface area contributed by atoms with E-state index >= 15 is 0 Å². The predicted molar refractivity (Wildman–Crippen MR) is 71.4 cm³/mol. The lowest BCUT2D eigenvalue weighted by Crippen LogP contribution is -2.59. The lowest BCUT2D eigenvalue weighted by molar-refractivity contribution is -0.0586. The molecular formula is C15H19NO3. The minimum absolute atomic E-state index is 0.0127. The zero-order valence-electron chi connectivity index (χ0n) is 11.1. The van der Waals surface area contributed by atoms with Crippen molar-refractivity contribution in [3.05, 3.63) is 29.8 Å². The van der Waals surface area contributed by atoms with Crippen molar-refractivity contribution in [3.8, 4) is 5.75 Å². The van der Waals surface area contributed by atoms with Crippen molar-refractivity contribution < 1.29 is 14.6 Å². The van der Waals surface area contributed by atoms with Crippen LogP contribution in [-0.4, -0.2) is 35.7 Å². The van der Waals surface area contributed by atoms with E-state index in [0.29, 0.717) is 11.3 Å². The summed E-state index contributed by atoms with van der Waals surface area (Å²) in [5, 5.41) is 13.4. The summed E-state index contributed by atoms with van der Waals surface area (Å²) in [5.74, 6) is 0.203. The first-order valence-electron chi connectivity index (χ1n) is 6.85. The second kappa shape index (κ2) is 4.62. The maximum absolute atomic E-state index is 12.7. The molecule has 1 fully saturated rings. The van der Waals surface area contributed by atoms with E-state index < -0.39 is 17.6 Å². The third-order valence-corrected chi connectivity index (χ3v) is 4.25. The molecule has 0 saturated carbocycles. The van der Waals surface area contributed by atoms with Crippen molar-refractivity contribution in [2.45, 2.75) is 31.5 Å². The summed E-state index contributed by atoms with van der Waals surface area (Å²) >= 11 is 0. The molecule has 4 heteroatoms. The lowest BCUT2D eigenvalue weighted by atomic mass is 9.71. The smallest absolute Gasteiger partial charge is 0.176 e. The van der Waals surface area contributed by atoms with E-state index in [1.54, 1.807) is 13.0 Å². The Kier molecular flexibility index (Phi) is 3.07. The van der Waals surface area contributed by atoms with Crippen LogP contribution in [0.2, 0.25) is 0 Å². The third-order valence-electron chi connectivity index (χ3n) is 4.25. The largest absolute Gasteiger partial charge is 0.486 e. The molecule has 0 bridgehead atoms. The van der Waals surface area contributed by atoms with Crippen LogP contribution in [0.15, 0.2) is 24.3 Å². The number of carbonyl (C=O) groups is 1. The number of rotatable bonds is 1. The second-order valence-corrected chi connectivity index (χ2v) is 5.50. The maximum Gasteiger partial charge on any atom is 0.176 e. The van der Waals surface area contributed by atoms with Gasteiger partial charge in [-0.25, -0.2) is 0 Å². The third kappa shape index (κ3) is 1.95. The minimum atomic E-state index is -0.695. The molecule has 2 aliphatic rings. The Hall–Kier alpha value is -1.39. The molecule has 1 saturated heterocycles. The average Bonchev–Trinajstić information content (AvgIpc) is 2.39. The number of piperidine rings is 1. The van der Waals surface area contributed by atoms with Crippen molar-refractivity contribution in [3.63, 3.8) is 0 Å². The van der Waals surface area contributed by atoms with Crippen LogP contribution in [0, 0.1) is 5.92 Å². The van der Waals surface area contributed by atoms with Gasteiger partial charge in [-0.1, -0.05) is 12.1 Å². The highest BCUT2D eigenvalue weighted by Crippen LogP contribution is 2.43. The van der Waals surface area contributed by atoms with Gasteiger partial charge in [0.05, 0.1) is 17.6 Å². The summed E-state index contributed by atoms with van der Waals surface area (Å²) < 4.78 is 6.18. The van der Waals surface area contributed by atoms with E-state index in [2.05, 4.69) is 5.32 Å². The molecule has 0 radical (unpaired) electrons. The molecule has 2 atom stereocenters. The quantitative estimate of drug-likeness (QED) is 0.802. The molecule has 4 nitrogen and oxygen atoms in total. The fraction of sp³-hybridized carbons (Fsp3) is 0.533. The molecule has 1 aromatic carbocycles. The summed E-state index contributed by atoms with van der Waals surface area (Å²) in [7, 11) is 0. The number of fused-ring (bicyclic) bond motifs is 1. The molecule has 2 heterocycles. The fourth-order valence-corrected chi connectivity index (χ4v) is 3.37. The molecule has 3 rings (SSSR count). The van der Waals surface area contributed by atoms with Crippen LogP contribution in [0.5, 0.6) is 5.75 Å². The van der Waals surface area contributed by atoms with Gasteiger partial charge >= 0.3 is 0 Å². The van der Waals surface area contributed by atoms with E-state index in [4.69, 9.17) is 4.74 Å². The molecule has 1 spiro atoms. The summed E-state index contributed by atoms with van der Waals surface area (Å²) in [6, 6.07) is 7.33. The number of hydrogen-bond acceptors (Lipinski definition) is 4. The fourth-order valence-electron chi connectivity index (χ4n) is 3.37. The Morgan fingerprint density at radius 1 is 1.37 bits per heavy atom. The highest BCUT2D eigenvalue weighted by Gasteiger charge is 2.51. The molecule has 2 aliphatic heterocycles. The average molecular weight is 261 g/mol. The molecule has 0 aliphatic carbocycles.